The molecule has 144 valence electrons. The van der Waals surface area contributed by atoms with Crippen LogP contribution in [0.3, 0.4) is 0 Å². The van der Waals surface area contributed by atoms with Gasteiger partial charge in [-0.05, 0) is 38.1 Å². The first-order chi connectivity index (χ1) is 13.0. The van der Waals surface area contributed by atoms with E-state index in [9.17, 15) is 9.59 Å². The molecule has 7 heteroatoms. The number of hydrogen-bond donors (Lipinski definition) is 2. The fourth-order valence-corrected chi connectivity index (χ4v) is 2.35. The SMILES string of the molecule is CCOc1ccc(NC(=O)COc2ccccc2NC(C)=O)cc1OCC. The second kappa shape index (κ2) is 10.1. The second-order valence-corrected chi connectivity index (χ2v) is 5.54. The fourth-order valence-electron chi connectivity index (χ4n) is 2.35. The zero-order chi connectivity index (χ0) is 19.6. The largest absolute Gasteiger partial charge is 0.490 e. The highest BCUT2D eigenvalue weighted by Crippen LogP contribution is 2.30. The number of carbonyl (C=O) groups is 2. The Kier molecular flexibility index (Phi) is 7.49. The molecule has 0 atom stereocenters. The predicted octanol–water partition coefficient (Wildman–Crippen LogP) is 3.46. The Labute approximate surface area is 158 Å². The first-order valence-electron chi connectivity index (χ1n) is 8.72. The first-order valence-corrected chi connectivity index (χ1v) is 8.72. The van der Waals surface area contributed by atoms with Crippen molar-refractivity contribution in [3.63, 3.8) is 0 Å². The summed E-state index contributed by atoms with van der Waals surface area (Å²) in [5.41, 5.74) is 1.09. The minimum absolute atomic E-state index is 0.201. The molecule has 2 aromatic rings. The molecule has 0 aliphatic heterocycles. The van der Waals surface area contributed by atoms with E-state index in [2.05, 4.69) is 10.6 Å². The van der Waals surface area contributed by atoms with E-state index in [1.54, 1.807) is 42.5 Å². The summed E-state index contributed by atoms with van der Waals surface area (Å²) in [7, 11) is 0. The molecule has 0 aromatic heterocycles. The van der Waals surface area contributed by atoms with Gasteiger partial charge in [0.2, 0.25) is 5.91 Å². The molecule has 27 heavy (non-hydrogen) atoms. The summed E-state index contributed by atoms with van der Waals surface area (Å²) >= 11 is 0. The second-order valence-electron chi connectivity index (χ2n) is 5.54. The summed E-state index contributed by atoms with van der Waals surface area (Å²) in [5, 5.41) is 5.41. The summed E-state index contributed by atoms with van der Waals surface area (Å²) in [5.74, 6) is 1.06. The Morgan fingerprint density at radius 2 is 1.56 bits per heavy atom. The quantitative estimate of drug-likeness (QED) is 0.704. The standard InChI is InChI=1S/C20H24N2O5/c1-4-25-18-11-10-15(12-19(18)26-5-2)22-20(24)13-27-17-9-7-6-8-16(17)21-14(3)23/h6-12H,4-5,13H2,1-3H3,(H,21,23)(H,22,24). The zero-order valence-electron chi connectivity index (χ0n) is 15.7. The van der Waals surface area contributed by atoms with Crippen LogP contribution in [0.5, 0.6) is 17.2 Å². The lowest BCUT2D eigenvalue weighted by atomic mass is 10.2. The predicted molar refractivity (Wildman–Crippen MR) is 104 cm³/mol. The van der Waals surface area contributed by atoms with Crippen LogP contribution in [0.4, 0.5) is 11.4 Å². The van der Waals surface area contributed by atoms with Crippen molar-refractivity contribution in [2.45, 2.75) is 20.8 Å². The number of rotatable bonds is 9. The van der Waals surface area contributed by atoms with E-state index in [1.807, 2.05) is 13.8 Å². The Morgan fingerprint density at radius 3 is 2.26 bits per heavy atom. The van der Waals surface area contributed by atoms with Crippen LogP contribution < -0.4 is 24.8 Å². The van der Waals surface area contributed by atoms with Crippen LogP contribution in [0.2, 0.25) is 0 Å². The minimum atomic E-state index is -0.334. The molecule has 2 rings (SSSR count). The maximum atomic E-state index is 12.2. The Balaban J connectivity index is 2.00. The van der Waals surface area contributed by atoms with Gasteiger partial charge in [-0.2, -0.15) is 0 Å². The molecule has 0 bridgehead atoms. The topological polar surface area (TPSA) is 85.9 Å². The highest BCUT2D eigenvalue weighted by molar-refractivity contribution is 5.93. The molecule has 0 saturated carbocycles. The van der Waals surface area contributed by atoms with Crippen LogP contribution in [-0.4, -0.2) is 31.6 Å². The van der Waals surface area contributed by atoms with E-state index in [0.29, 0.717) is 41.8 Å². The molecule has 0 unspecified atom stereocenters. The summed E-state index contributed by atoms with van der Waals surface area (Å²) in [6, 6.07) is 12.1. The van der Waals surface area contributed by atoms with Gasteiger partial charge in [-0.15, -0.1) is 0 Å². The van der Waals surface area contributed by atoms with Gasteiger partial charge in [0.25, 0.3) is 5.91 Å². The molecular weight excluding hydrogens is 348 g/mol. The van der Waals surface area contributed by atoms with Crippen LogP contribution in [0.15, 0.2) is 42.5 Å². The van der Waals surface area contributed by atoms with E-state index >= 15 is 0 Å². The van der Waals surface area contributed by atoms with Crippen molar-refractivity contribution < 1.29 is 23.8 Å². The van der Waals surface area contributed by atoms with Gasteiger partial charge in [-0.3, -0.25) is 9.59 Å². The Morgan fingerprint density at radius 1 is 0.852 bits per heavy atom. The van der Waals surface area contributed by atoms with Crippen molar-refractivity contribution in [1.82, 2.24) is 0 Å². The smallest absolute Gasteiger partial charge is 0.262 e. The molecule has 7 nitrogen and oxygen atoms in total. The monoisotopic (exact) mass is 372 g/mol. The number of carbonyl (C=O) groups excluding carboxylic acids is 2. The molecule has 0 radical (unpaired) electrons. The summed E-state index contributed by atoms with van der Waals surface area (Å²) in [6.07, 6.45) is 0. The van der Waals surface area contributed by atoms with Crippen LogP contribution in [-0.2, 0) is 9.59 Å². The lowest BCUT2D eigenvalue weighted by molar-refractivity contribution is -0.118. The van der Waals surface area contributed by atoms with Crippen LogP contribution in [0.25, 0.3) is 0 Å². The average molecular weight is 372 g/mol. The average Bonchev–Trinajstić information content (AvgIpc) is 2.63. The number of anilines is 2. The normalized spacial score (nSPS) is 10.0. The van der Waals surface area contributed by atoms with E-state index in [1.165, 1.54) is 6.92 Å². The molecular formula is C20H24N2O5. The molecule has 0 spiro atoms. The molecule has 0 saturated heterocycles. The third kappa shape index (κ3) is 6.22. The van der Waals surface area contributed by atoms with Crippen molar-refractivity contribution in [2.75, 3.05) is 30.5 Å². The Bertz CT molecular complexity index is 792. The van der Waals surface area contributed by atoms with E-state index in [0.717, 1.165) is 0 Å². The van der Waals surface area contributed by atoms with Crippen molar-refractivity contribution in [3.8, 4) is 17.2 Å². The van der Waals surface area contributed by atoms with Gasteiger partial charge in [0.05, 0.1) is 18.9 Å². The van der Waals surface area contributed by atoms with Gasteiger partial charge in [0.15, 0.2) is 18.1 Å². The number of ether oxygens (including phenoxy) is 3. The number of amides is 2. The summed E-state index contributed by atoms with van der Waals surface area (Å²) in [4.78, 5) is 23.4. The van der Waals surface area contributed by atoms with E-state index < -0.39 is 0 Å². The van der Waals surface area contributed by atoms with Gasteiger partial charge < -0.3 is 24.8 Å². The van der Waals surface area contributed by atoms with Gasteiger partial charge in [-0.1, -0.05) is 12.1 Å². The van der Waals surface area contributed by atoms with Crippen LogP contribution in [0.1, 0.15) is 20.8 Å². The number of benzene rings is 2. The molecule has 0 heterocycles. The van der Waals surface area contributed by atoms with Crippen LogP contribution in [0, 0.1) is 0 Å². The zero-order valence-corrected chi connectivity index (χ0v) is 15.7. The van der Waals surface area contributed by atoms with Gasteiger partial charge in [-0.25, -0.2) is 0 Å². The number of hydrogen-bond acceptors (Lipinski definition) is 5. The van der Waals surface area contributed by atoms with E-state index in [-0.39, 0.29) is 18.4 Å². The van der Waals surface area contributed by atoms with Gasteiger partial charge >= 0.3 is 0 Å². The highest BCUT2D eigenvalue weighted by atomic mass is 16.5. The number of nitrogens with one attached hydrogen (secondary N) is 2. The van der Waals surface area contributed by atoms with E-state index in [4.69, 9.17) is 14.2 Å². The molecule has 0 aliphatic carbocycles. The third-order valence-corrected chi connectivity index (χ3v) is 3.38. The van der Waals surface area contributed by atoms with Crippen molar-refractivity contribution in [1.29, 1.82) is 0 Å². The van der Waals surface area contributed by atoms with Gasteiger partial charge in [0, 0.05) is 18.7 Å². The molecule has 2 amide bonds. The maximum Gasteiger partial charge on any atom is 0.262 e. The highest BCUT2D eigenvalue weighted by Gasteiger charge is 2.10. The maximum absolute atomic E-state index is 12.2. The van der Waals surface area contributed by atoms with Crippen molar-refractivity contribution in [2.24, 2.45) is 0 Å². The molecule has 0 fully saturated rings. The van der Waals surface area contributed by atoms with Crippen molar-refractivity contribution >= 4 is 23.2 Å². The molecule has 0 aliphatic rings. The molecule has 2 N–H and O–H groups in total. The minimum Gasteiger partial charge on any atom is -0.490 e. The lowest BCUT2D eigenvalue weighted by Gasteiger charge is -2.14. The first kappa shape index (κ1) is 20.1. The van der Waals surface area contributed by atoms with Crippen molar-refractivity contribution in [3.05, 3.63) is 42.5 Å². The fraction of sp³-hybridized carbons (Fsp3) is 0.300. The third-order valence-electron chi connectivity index (χ3n) is 3.38. The lowest BCUT2D eigenvalue weighted by Crippen LogP contribution is -2.20. The van der Waals surface area contributed by atoms with Crippen LogP contribution >= 0.6 is 0 Å². The number of para-hydroxylation sites is 2. The molecule has 2 aromatic carbocycles. The summed E-state index contributed by atoms with van der Waals surface area (Å²) < 4.78 is 16.6. The Hall–Kier alpha value is -3.22. The summed E-state index contributed by atoms with van der Waals surface area (Å²) in [6.45, 7) is 5.98. The van der Waals surface area contributed by atoms with Gasteiger partial charge in [0.1, 0.15) is 5.75 Å².